The van der Waals surface area contributed by atoms with Crippen LogP contribution in [-0.4, -0.2) is 15.0 Å². The largest absolute Gasteiger partial charge is 0.355 e. The van der Waals surface area contributed by atoms with Crippen LogP contribution in [-0.2, 0) is 0 Å². The monoisotopic (exact) mass is 583 g/mol. The minimum Gasteiger partial charge on any atom is -0.355 e. The highest BCUT2D eigenvalue weighted by Gasteiger charge is 2.35. The Morgan fingerprint density at radius 2 is 0.841 bits per heavy atom. The number of hydrogen-bond acceptors (Lipinski definition) is 3. The van der Waals surface area contributed by atoms with Crippen LogP contribution in [0.4, 0.5) is 0 Å². The molecule has 8 aliphatic rings. The van der Waals surface area contributed by atoms with Crippen molar-refractivity contribution in [2.24, 2.45) is 0 Å². The smallest absolute Gasteiger partial charge is 0.0737 e. The van der Waals surface area contributed by atoms with Gasteiger partial charge in [-0.3, -0.25) is 0 Å². The van der Waals surface area contributed by atoms with Crippen LogP contribution in [0.1, 0.15) is 71.6 Å². The second kappa shape index (κ2) is 8.55. The lowest BCUT2D eigenvalue weighted by Crippen LogP contribution is -2.15. The van der Waals surface area contributed by atoms with Crippen LogP contribution in [0, 0.1) is 0 Å². The standard InChI is InChI=1S/C40H29N3S/c1-3-7-27-25(5-1)29-17-33-37-21-9-11-22(12-10-21)38(37)34(43-33)18-30-26-6-2-4-8-28(26)32(42-30)20-36-40-24-15-13-23(14-16-24)39(40)35(44-36)19-31(27)41-29/h1-9,11,13,15,17-24,43H,10,12,14,16H2/t21-,22+,23+,24-. The van der Waals surface area contributed by atoms with Gasteiger partial charge >= 0.3 is 0 Å². The van der Waals surface area contributed by atoms with Crippen molar-refractivity contribution >= 4 is 31.8 Å². The highest BCUT2D eigenvalue weighted by molar-refractivity contribution is 7.24. The maximum atomic E-state index is 5.37. The Hall–Kier alpha value is -4.54. The van der Waals surface area contributed by atoms with Crippen LogP contribution in [0.5, 0.6) is 0 Å². The number of benzene rings is 2. The van der Waals surface area contributed by atoms with Crippen LogP contribution in [0.3, 0.4) is 0 Å². The van der Waals surface area contributed by atoms with Crippen LogP contribution >= 0.6 is 11.3 Å². The third kappa shape index (κ3) is 3.16. The molecule has 0 fully saturated rings. The lowest BCUT2D eigenvalue weighted by atomic mass is 9.72. The Bertz CT molecular complexity index is 2020. The Morgan fingerprint density at radius 3 is 1.23 bits per heavy atom. The van der Waals surface area contributed by atoms with E-state index in [-0.39, 0.29) is 0 Å². The van der Waals surface area contributed by atoms with Crippen molar-refractivity contribution in [2.45, 2.75) is 49.4 Å². The van der Waals surface area contributed by atoms with Gasteiger partial charge in [-0.2, -0.15) is 0 Å². The molecule has 0 amide bonds. The predicted octanol–water partition coefficient (Wildman–Crippen LogP) is 10.8. The van der Waals surface area contributed by atoms with Gasteiger partial charge in [0.2, 0.25) is 0 Å². The Balaban J connectivity index is 1.32. The van der Waals surface area contributed by atoms with Crippen molar-refractivity contribution in [3.63, 3.8) is 0 Å². The minimum atomic E-state index is 0.446. The van der Waals surface area contributed by atoms with E-state index in [9.17, 15) is 0 Å². The van der Waals surface area contributed by atoms with E-state index in [2.05, 4.69) is 102 Å². The van der Waals surface area contributed by atoms with E-state index in [4.69, 9.17) is 9.97 Å². The van der Waals surface area contributed by atoms with E-state index < -0.39 is 0 Å². The zero-order chi connectivity index (χ0) is 28.5. The average Bonchev–Trinajstić information content (AvgIpc) is 3.83. The Labute approximate surface area is 259 Å². The fraction of sp³-hybridized carbons (Fsp3) is 0.200. The van der Waals surface area contributed by atoms with Crippen molar-refractivity contribution in [1.29, 1.82) is 0 Å². The highest BCUT2D eigenvalue weighted by Crippen LogP contribution is 2.53. The molecule has 0 radical (unpaired) electrons. The fourth-order valence-corrected chi connectivity index (χ4v) is 10.3. The van der Waals surface area contributed by atoms with Gasteiger partial charge in [0.05, 0.1) is 22.8 Å². The summed E-state index contributed by atoms with van der Waals surface area (Å²) in [6.45, 7) is 0. The molecule has 1 N–H and O–H groups in total. The van der Waals surface area contributed by atoms with Crippen molar-refractivity contribution in [2.75, 3.05) is 0 Å². The molecular weight excluding hydrogens is 555 g/mol. The Kier molecular flexibility index (Phi) is 4.64. The van der Waals surface area contributed by atoms with E-state index in [0.29, 0.717) is 23.7 Å². The number of aromatic amines is 1. The molecule has 6 aliphatic carbocycles. The molecule has 4 heteroatoms. The molecule has 210 valence electrons. The molecule has 4 atom stereocenters. The number of fused-ring (bicyclic) bond motifs is 16. The summed E-state index contributed by atoms with van der Waals surface area (Å²) in [7, 11) is 0. The molecule has 2 aromatic carbocycles. The van der Waals surface area contributed by atoms with E-state index in [1.807, 2.05) is 11.3 Å². The second-order valence-corrected chi connectivity index (χ2v) is 14.3. The van der Waals surface area contributed by atoms with Gasteiger partial charge in [-0.25, -0.2) is 9.97 Å². The third-order valence-electron chi connectivity index (χ3n) is 10.9. The predicted molar refractivity (Wildman–Crippen MR) is 181 cm³/mol. The van der Waals surface area contributed by atoms with Gasteiger partial charge in [0.15, 0.2) is 0 Å². The molecule has 2 aliphatic heterocycles. The summed E-state index contributed by atoms with van der Waals surface area (Å²) < 4.78 is 2.72. The first-order chi connectivity index (χ1) is 21.8. The number of hydrogen-bond donors (Lipinski definition) is 1. The summed E-state index contributed by atoms with van der Waals surface area (Å²) in [6.07, 6.45) is 14.7. The summed E-state index contributed by atoms with van der Waals surface area (Å²) in [4.78, 5) is 14.7. The first-order valence-electron chi connectivity index (χ1n) is 16.1. The normalized spacial score (nSPS) is 22.9. The molecule has 5 aromatic rings. The van der Waals surface area contributed by atoms with Gasteiger partial charge < -0.3 is 4.98 Å². The molecule has 0 unspecified atom stereocenters. The molecule has 3 nitrogen and oxygen atoms in total. The van der Waals surface area contributed by atoms with Crippen molar-refractivity contribution in [3.05, 3.63) is 119 Å². The average molecular weight is 584 g/mol. The van der Waals surface area contributed by atoms with E-state index in [1.54, 1.807) is 0 Å². The summed E-state index contributed by atoms with van der Waals surface area (Å²) in [6, 6.07) is 27.0. The molecule has 5 heterocycles. The lowest BCUT2D eigenvalue weighted by molar-refractivity contribution is 0.562. The van der Waals surface area contributed by atoms with Crippen LogP contribution in [0.2, 0.25) is 0 Å². The highest BCUT2D eigenvalue weighted by atomic mass is 32.1. The second-order valence-electron chi connectivity index (χ2n) is 13.2. The molecule has 0 spiro atoms. The molecule has 0 saturated heterocycles. The molecule has 3 aromatic heterocycles. The maximum absolute atomic E-state index is 5.37. The first-order valence-corrected chi connectivity index (χ1v) is 16.9. The third-order valence-corrected chi connectivity index (χ3v) is 12.0. The summed E-state index contributed by atoms with van der Waals surface area (Å²) in [5.41, 5.74) is 17.5. The molecule has 44 heavy (non-hydrogen) atoms. The van der Waals surface area contributed by atoms with Crippen LogP contribution in [0.25, 0.3) is 65.5 Å². The lowest BCUT2D eigenvalue weighted by Gasteiger charge is -2.31. The van der Waals surface area contributed by atoms with Gasteiger partial charge in [0.25, 0.3) is 0 Å². The molecule has 12 bridgehead atoms. The topological polar surface area (TPSA) is 41.6 Å². The molecule has 0 saturated carbocycles. The quantitative estimate of drug-likeness (QED) is 0.180. The van der Waals surface area contributed by atoms with Crippen molar-refractivity contribution in [3.8, 4) is 45.0 Å². The maximum Gasteiger partial charge on any atom is 0.0737 e. The number of H-pyrrole nitrogens is 1. The van der Waals surface area contributed by atoms with Gasteiger partial charge in [0, 0.05) is 66.4 Å². The summed E-state index contributed by atoms with van der Waals surface area (Å²) in [5, 5.41) is 0. The van der Waals surface area contributed by atoms with Gasteiger partial charge in [-0.15, -0.1) is 11.3 Å². The number of aromatic nitrogens is 3. The number of thiophene rings is 1. The van der Waals surface area contributed by atoms with E-state index in [1.165, 1.54) is 90.6 Å². The SMILES string of the molecule is C1=C[C@H]2CC[C@@H]1c1c2c2cc3nc(cc4sc(cc5nc(cc1[nH]2)-c1ccccc1-5)c1c4[C@@H]2C=C[C@H]1CC2)-c1ccccc1-3. The van der Waals surface area contributed by atoms with Crippen LogP contribution in [0.15, 0.2) is 97.1 Å². The van der Waals surface area contributed by atoms with Gasteiger partial charge in [-0.1, -0.05) is 72.8 Å². The van der Waals surface area contributed by atoms with Gasteiger partial charge in [-0.05, 0) is 72.2 Å². The summed E-state index contributed by atoms with van der Waals surface area (Å²) in [5.74, 6) is 1.85. The van der Waals surface area contributed by atoms with Crippen molar-refractivity contribution < 1.29 is 0 Å². The fourth-order valence-electron chi connectivity index (χ4n) is 8.99. The zero-order valence-electron chi connectivity index (χ0n) is 24.2. The van der Waals surface area contributed by atoms with Crippen LogP contribution < -0.4 is 0 Å². The minimum absolute atomic E-state index is 0.446. The number of allylic oxidation sites excluding steroid dienone is 4. The summed E-state index contributed by atoms with van der Waals surface area (Å²) >= 11 is 1.93. The van der Waals surface area contributed by atoms with Gasteiger partial charge in [0.1, 0.15) is 0 Å². The van der Waals surface area contributed by atoms with E-state index >= 15 is 0 Å². The number of nitrogens with one attached hydrogen (secondary N) is 1. The number of nitrogens with zero attached hydrogens (tertiary/aromatic N) is 2. The van der Waals surface area contributed by atoms with Crippen molar-refractivity contribution in [1.82, 2.24) is 15.0 Å². The zero-order valence-corrected chi connectivity index (χ0v) is 25.0. The first kappa shape index (κ1) is 23.9. The molecular formula is C40H29N3S. The molecule has 13 rings (SSSR count). The Morgan fingerprint density at radius 1 is 0.477 bits per heavy atom. The van der Waals surface area contributed by atoms with E-state index in [0.717, 1.165) is 22.8 Å². The number of rotatable bonds is 0.